The van der Waals surface area contributed by atoms with Crippen LogP contribution in [0.4, 0.5) is 5.13 Å². The lowest BCUT2D eigenvalue weighted by atomic mass is 9.89. The molecule has 18 heteroatoms. The summed E-state index contributed by atoms with van der Waals surface area (Å²) in [6.07, 6.45) is 0.428. The minimum atomic E-state index is -1.18. The number of β-lactam (4-membered cyclic amide) rings is 1. The second kappa shape index (κ2) is 11.2. The van der Waals surface area contributed by atoms with E-state index >= 15 is 0 Å². The summed E-state index contributed by atoms with van der Waals surface area (Å²) in [7, 11) is 0. The molecule has 2 aromatic rings. The summed E-state index contributed by atoms with van der Waals surface area (Å²) in [6, 6.07) is 0.819. The van der Waals surface area contributed by atoms with Crippen molar-refractivity contribution in [1.82, 2.24) is 25.4 Å². The van der Waals surface area contributed by atoms with Gasteiger partial charge < -0.3 is 25.5 Å². The third-order valence-corrected chi connectivity index (χ3v) is 9.64. The highest BCUT2D eigenvalue weighted by molar-refractivity contribution is 8.01. The Bertz CT molecular complexity index is 1230. The number of nitrogens with zero attached hydrogens (tertiary/aromatic N) is 6. The molecule has 4 rings (SSSR count). The molecule has 4 heterocycles. The molecule has 3 amide bonds. The largest absolute Gasteiger partial charge is 0.481 e. The highest BCUT2D eigenvalue weighted by atomic mass is 32.2. The lowest BCUT2D eigenvalue weighted by Crippen LogP contribution is -2.74. The van der Waals surface area contributed by atoms with Crippen molar-refractivity contribution < 1.29 is 29.1 Å². The van der Waals surface area contributed by atoms with Crippen molar-refractivity contribution in [2.24, 2.45) is 10.6 Å². The van der Waals surface area contributed by atoms with E-state index in [-0.39, 0.29) is 34.6 Å². The molecule has 36 heavy (non-hydrogen) atoms. The first kappa shape index (κ1) is 25.8. The maximum absolute atomic E-state index is 13.0. The van der Waals surface area contributed by atoms with E-state index in [0.717, 1.165) is 11.3 Å². The fourth-order valence-corrected chi connectivity index (χ4v) is 7.37. The number of nitriles is 1. The normalized spacial score (nSPS) is 23.1. The molecule has 188 valence electrons. The van der Waals surface area contributed by atoms with Gasteiger partial charge in [0.05, 0.1) is 0 Å². The SMILES string of the molecule is N#CCON=C(C(=O)NC1C(=O)N2CC(CSc3nncs3)(C(=O)O)CS[C@H]12)c1csc(NC=O)n1. The van der Waals surface area contributed by atoms with Crippen LogP contribution in [0.2, 0.25) is 0 Å². The first-order valence-electron chi connectivity index (χ1n) is 9.97. The summed E-state index contributed by atoms with van der Waals surface area (Å²) < 4.78 is 0.641. The van der Waals surface area contributed by atoms with Gasteiger partial charge in [-0.15, -0.1) is 33.3 Å². The number of amides is 3. The van der Waals surface area contributed by atoms with Gasteiger partial charge in [-0.25, -0.2) is 4.98 Å². The van der Waals surface area contributed by atoms with Crippen LogP contribution in [0, 0.1) is 16.7 Å². The zero-order chi connectivity index (χ0) is 25.7. The molecule has 2 aliphatic heterocycles. The number of carbonyl (C=O) groups is 4. The molecular weight excluding hydrogens is 553 g/mol. The first-order valence-corrected chi connectivity index (χ1v) is 13.8. The van der Waals surface area contributed by atoms with Crippen LogP contribution in [0.5, 0.6) is 0 Å². The number of carboxylic acids is 1. The molecule has 0 aromatic carbocycles. The van der Waals surface area contributed by atoms with Crippen LogP contribution >= 0.6 is 46.2 Å². The number of anilines is 1. The van der Waals surface area contributed by atoms with Crippen molar-refractivity contribution in [3.8, 4) is 6.07 Å². The number of thioether (sulfide) groups is 2. The number of hydrogen-bond acceptors (Lipinski definition) is 14. The van der Waals surface area contributed by atoms with Gasteiger partial charge in [0, 0.05) is 23.4 Å². The second-order valence-corrected chi connectivity index (χ2v) is 11.4. The summed E-state index contributed by atoms with van der Waals surface area (Å²) >= 11 is 4.89. The first-order chi connectivity index (χ1) is 17.4. The van der Waals surface area contributed by atoms with Gasteiger partial charge in [0.1, 0.15) is 34.1 Å². The van der Waals surface area contributed by atoms with E-state index in [4.69, 9.17) is 10.1 Å². The van der Waals surface area contributed by atoms with Crippen LogP contribution in [0.15, 0.2) is 20.4 Å². The van der Waals surface area contributed by atoms with Gasteiger partial charge in [0.25, 0.3) is 5.91 Å². The molecule has 0 radical (unpaired) electrons. The molecular formula is C18H16N8O6S4. The number of rotatable bonds is 11. The van der Waals surface area contributed by atoms with Gasteiger partial charge in [-0.3, -0.25) is 19.2 Å². The van der Waals surface area contributed by atoms with E-state index in [1.807, 2.05) is 0 Å². The molecule has 3 N–H and O–H groups in total. The third-order valence-electron chi connectivity index (χ3n) is 5.13. The van der Waals surface area contributed by atoms with Crippen molar-refractivity contribution in [1.29, 1.82) is 5.26 Å². The quantitative estimate of drug-likeness (QED) is 0.0824. The minimum absolute atomic E-state index is 0.00392. The fourth-order valence-electron chi connectivity index (χ4n) is 3.37. The summed E-state index contributed by atoms with van der Waals surface area (Å²) in [4.78, 5) is 59.0. The Balaban J connectivity index is 1.44. The number of thiazole rings is 1. The van der Waals surface area contributed by atoms with Crippen molar-refractivity contribution in [2.75, 3.05) is 30.0 Å². The van der Waals surface area contributed by atoms with Crippen LogP contribution in [-0.2, 0) is 24.0 Å². The Hall–Kier alpha value is -3.27. The topological polar surface area (TPSA) is 200 Å². The zero-order valence-corrected chi connectivity index (χ0v) is 21.3. The van der Waals surface area contributed by atoms with Gasteiger partial charge in [0.2, 0.25) is 18.9 Å². The van der Waals surface area contributed by atoms with Gasteiger partial charge in [-0.2, -0.15) is 5.26 Å². The number of carbonyl (C=O) groups excluding carboxylic acids is 3. The van der Waals surface area contributed by atoms with Crippen LogP contribution in [0.25, 0.3) is 0 Å². The average Bonchev–Trinajstić information content (AvgIpc) is 3.56. The predicted octanol–water partition coefficient (Wildman–Crippen LogP) is 0.0704. The van der Waals surface area contributed by atoms with E-state index in [1.165, 1.54) is 45.1 Å². The third kappa shape index (κ3) is 5.28. The van der Waals surface area contributed by atoms with E-state index in [1.54, 1.807) is 11.6 Å². The van der Waals surface area contributed by atoms with Gasteiger partial charge in [-0.1, -0.05) is 28.3 Å². The number of carboxylic acid groups (broad SMARTS) is 1. The number of fused-ring (bicyclic) bond motifs is 1. The Kier molecular flexibility index (Phi) is 8.03. The molecule has 0 saturated carbocycles. The molecule has 2 unspecified atom stereocenters. The van der Waals surface area contributed by atoms with Gasteiger partial charge >= 0.3 is 5.97 Å². The maximum atomic E-state index is 13.0. The zero-order valence-electron chi connectivity index (χ0n) is 18.0. The molecule has 2 aromatic heterocycles. The van der Waals surface area contributed by atoms with Crippen LogP contribution in [0.1, 0.15) is 5.69 Å². The van der Waals surface area contributed by atoms with E-state index in [9.17, 15) is 24.3 Å². The van der Waals surface area contributed by atoms with E-state index in [2.05, 4.69) is 31.0 Å². The highest BCUT2D eigenvalue weighted by Gasteiger charge is 2.57. The van der Waals surface area contributed by atoms with Crippen molar-refractivity contribution in [3.63, 3.8) is 0 Å². The number of hydrogen-bond donors (Lipinski definition) is 3. The Labute approximate surface area is 219 Å². The molecule has 3 atom stereocenters. The number of aromatic nitrogens is 3. The van der Waals surface area contributed by atoms with E-state index < -0.39 is 41.2 Å². The summed E-state index contributed by atoms with van der Waals surface area (Å²) in [5.41, 5.74) is 0.184. The van der Waals surface area contributed by atoms with Gasteiger partial charge in [-0.05, 0) is 0 Å². The standard InChI is InChI=1S/C18H16N8O6S4/c19-1-2-32-25-10(9-3-33-16(22-9)20-7-27)12(28)23-11-13(29)26-4-18(15(30)31,5-34-14(11)26)6-35-17-24-21-8-36-17/h3,7-8,11,14H,2,4-6H2,(H,23,28)(H,30,31)(H,20,22,27)/t11?,14-,18?/m1/s1. The smallest absolute Gasteiger partial charge is 0.313 e. The molecule has 0 spiro atoms. The van der Waals surface area contributed by atoms with Crippen LogP contribution in [0.3, 0.4) is 0 Å². The number of nitrogens with one attached hydrogen (secondary N) is 2. The fraction of sp³-hybridized carbons (Fsp3) is 0.389. The lowest BCUT2D eigenvalue weighted by Gasteiger charge is -2.53. The lowest BCUT2D eigenvalue weighted by molar-refractivity contribution is -0.157. The van der Waals surface area contributed by atoms with Crippen molar-refractivity contribution in [3.05, 3.63) is 16.6 Å². The average molecular weight is 569 g/mol. The van der Waals surface area contributed by atoms with Gasteiger partial charge in [0.15, 0.2) is 15.2 Å². The molecule has 0 bridgehead atoms. The maximum Gasteiger partial charge on any atom is 0.313 e. The molecule has 2 saturated heterocycles. The number of oxime groups is 1. The number of aliphatic carboxylic acids is 1. The summed E-state index contributed by atoms with van der Waals surface area (Å²) in [5, 5.41) is 36.1. The molecule has 14 nitrogen and oxygen atoms in total. The summed E-state index contributed by atoms with van der Waals surface area (Å²) in [5.74, 6) is -1.76. The minimum Gasteiger partial charge on any atom is -0.481 e. The Morgan fingerprint density at radius 1 is 1.47 bits per heavy atom. The summed E-state index contributed by atoms with van der Waals surface area (Å²) in [6.45, 7) is -0.419. The monoisotopic (exact) mass is 568 g/mol. The van der Waals surface area contributed by atoms with Crippen molar-refractivity contribution >= 4 is 81.2 Å². The Morgan fingerprint density at radius 2 is 2.31 bits per heavy atom. The van der Waals surface area contributed by atoms with Crippen LogP contribution in [-0.4, -0.2) is 91.2 Å². The predicted molar refractivity (Wildman–Crippen MR) is 130 cm³/mol. The van der Waals surface area contributed by atoms with Crippen LogP contribution < -0.4 is 10.6 Å². The molecule has 0 aliphatic carbocycles. The van der Waals surface area contributed by atoms with E-state index in [0.29, 0.717) is 10.7 Å². The van der Waals surface area contributed by atoms with Crippen molar-refractivity contribution in [2.45, 2.75) is 15.8 Å². The highest BCUT2D eigenvalue weighted by Crippen LogP contribution is 2.44. The second-order valence-electron chi connectivity index (χ2n) is 7.37. The Morgan fingerprint density at radius 3 is 3.00 bits per heavy atom. The molecule has 2 aliphatic rings. The molecule has 2 fully saturated rings.